The lowest BCUT2D eigenvalue weighted by Crippen LogP contribution is -2.39. The van der Waals surface area contributed by atoms with E-state index in [9.17, 15) is 13.2 Å². The Labute approximate surface area is 138 Å². The molecular formula is C17H26N2O3S. The van der Waals surface area contributed by atoms with Crippen LogP contribution in [0.5, 0.6) is 0 Å². The van der Waals surface area contributed by atoms with Gasteiger partial charge in [0, 0.05) is 6.54 Å². The maximum Gasteiger partial charge on any atom is 0.235 e. The largest absolute Gasteiger partial charge is 0.355 e. The van der Waals surface area contributed by atoms with Crippen molar-refractivity contribution in [1.29, 1.82) is 0 Å². The Morgan fingerprint density at radius 1 is 1.09 bits per heavy atom. The molecule has 1 aliphatic carbocycles. The molecule has 2 rings (SSSR count). The van der Waals surface area contributed by atoms with Crippen LogP contribution in [0, 0.1) is 5.92 Å². The van der Waals surface area contributed by atoms with Crippen LogP contribution in [-0.4, -0.2) is 33.2 Å². The van der Waals surface area contributed by atoms with Crippen molar-refractivity contribution >= 4 is 15.9 Å². The summed E-state index contributed by atoms with van der Waals surface area (Å²) in [6, 6.07) is 9.86. The first-order valence-electron chi connectivity index (χ1n) is 8.33. The fourth-order valence-electron chi connectivity index (χ4n) is 2.95. The lowest BCUT2D eigenvalue weighted by molar-refractivity contribution is -0.119. The fourth-order valence-corrected chi connectivity index (χ4v) is 4.37. The van der Waals surface area contributed by atoms with E-state index < -0.39 is 10.0 Å². The molecule has 23 heavy (non-hydrogen) atoms. The molecule has 0 radical (unpaired) electrons. The summed E-state index contributed by atoms with van der Waals surface area (Å²) < 4.78 is 26.4. The van der Waals surface area contributed by atoms with Crippen LogP contribution in [0.2, 0.25) is 0 Å². The second kappa shape index (κ2) is 9.03. The topological polar surface area (TPSA) is 75.3 Å². The molecular weight excluding hydrogens is 312 g/mol. The zero-order chi connectivity index (χ0) is 16.5. The highest BCUT2D eigenvalue weighted by Gasteiger charge is 2.21. The Kier molecular flexibility index (Phi) is 7.05. The Morgan fingerprint density at radius 3 is 2.48 bits per heavy atom. The summed E-state index contributed by atoms with van der Waals surface area (Å²) in [7, 11) is -3.36. The SMILES string of the molecule is O=C(CNS(=O)(=O)CC1CCCCC1)NCCc1ccccc1. The molecule has 5 nitrogen and oxygen atoms in total. The summed E-state index contributed by atoms with van der Waals surface area (Å²) in [5, 5.41) is 2.74. The third-order valence-corrected chi connectivity index (χ3v) is 5.71. The highest BCUT2D eigenvalue weighted by atomic mass is 32.2. The van der Waals surface area contributed by atoms with E-state index in [1.165, 1.54) is 6.42 Å². The average molecular weight is 338 g/mol. The van der Waals surface area contributed by atoms with E-state index in [2.05, 4.69) is 10.0 Å². The molecule has 1 aliphatic rings. The van der Waals surface area contributed by atoms with Crippen molar-refractivity contribution in [1.82, 2.24) is 10.0 Å². The van der Waals surface area contributed by atoms with Crippen molar-refractivity contribution in [2.45, 2.75) is 38.5 Å². The first-order valence-corrected chi connectivity index (χ1v) is 9.98. The minimum absolute atomic E-state index is 0.143. The molecule has 1 amide bonds. The van der Waals surface area contributed by atoms with Crippen LogP contribution in [-0.2, 0) is 21.2 Å². The van der Waals surface area contributed by atoms with Gasteiger partial charge in [0.1, 0.15) is 0 Å². The Balaban J connectivity index is 1.64. The van der Waals surface area contributed by atoms with Crippen LogP contribution >= 0.6 is 0 Å². The van der Waals surface area contributed by atoms with Gasteiger partial charge in [-0.1, -0.05) is 49.6 Å². The summed E-state index contributed by atoms with van der Waals surface area (Å²) >= 11 is 0. The van der Waals surface area contributed by atoms with E-state index in [0.717, 1.165) is 37.7 Å². The van der Waals surface area contributed by atoms with Gasteiger partial charge in [-0.15, -0.1) is 0 Å². The monoisotopic (exact) mass is 338 g/mol. The number of carbonyl (C=O) groups is 1. The number of hydrogen-bond acceptors (Lipinski definition) is 3. The molecule has 1 aromatic rings. The molecule has 0 atom stereocenters. The van der Waals surface area contributed by atoms with E-state index in [1.807, 2.05) is 30.3 Å². The van der Waals surface area contributed by atoms with Crippen LogP contribution in [0.4, 0.5) is 0 Å². The number of rotatable bonds is 8. The summed E-state index contributed by atoms with van der Waals surface area (Å²) in [6.07, 6.45) is 6.11. The minimum Gasteiger partial charge on any atom is -0.355 e. The zero-order valence-electron chi connectivity index (χ0n) is 13.5. The van der Waals surface area contributed by atoms with Crippen molar-refractivity contribution in [3.05, 3.63) is 35.9 Å². The lowest BCUT2D eigenvalue weighted by Gasteiger charge is -2.21. The first kappa shape index (κ1) is 17.9. The van der Waals surface area contributed by atoms with Gasteiger partial charge in [-0.05, 0) is 30.7 Å². The van der Waals surface area contributed by atoms with Crippen LogP contribution < -0.4 is 10.0 Å². The van der Waals surface area contributed by atoms with Crippen molar-refractivity contribution in [3.8, 4) is 0 Å². The molecule has 0 saturated heterocycles. The average Bonchev–Trinajstić information content (AvgIpc) is 2.55. The van der Waals surface area contributed by atoms with Crippen LogP contribution in [0.1, 0.15) is 37.7 Å². The van der Waals surface area contributed by atoms with Gasteiger partial charge >= 0.3 is 0 Å². The molecule has 0 aromatic heterocycles. The second-order valence-corrected chi connectivity index (χ2v) is 8.04. The van der Waals surface area contributed by atoms with Crippen molar-refractivity contribution < 1.29 is 13.2 Å². The third-order valence-electron chi connectivity index (χ3n) is 4.21. The Bertz CT molecular complexity index is 581. The molecule has 1 aromatic carbocycles. The Hall–Kier alpha value is -1.40. The van der Waals surface area contributed by atoms with Gasteiger partial charge in [-0.25, -0.2) is 13.1 Å². The number of benzene rings is 1. The molecule has 2 N–H and O–H groups in total. The molecule has 1 saturated carbocycles. The van der Waals surface area contributed by atoms with Gasteiger partial charge < -0.3 is 5.32 Å². The standard InChI is InChI=1S/C17H26N2O3S/c20-17(18-12-11-15-7-3-1-4-8-15)13-19-23(21,22)14-16-9-5-2-6-10-16/h1,3-4,7-8,16,19H,2,5-6,9-14H2,(H,18,20). The van der Waals surface area contributed by atoms with E-state index in [4.69, 9.17) is 0 Å². The second-order valence-electron chi connectivity index (χ2n) is 6.19. The minimum atomic E-state index is -3.36. The molecule has 1 fully saturated rings. The van der Waals surface area contributed by atoms with Crippen LogP contribution in [0.15, 0.2) is 30.3 Å². The number of hydrogen-bond donors (Lipinski definition) is 2. The van der Waals surface area contributed by atoms with Gasteiger partial charge in [0.25, 0.3) is 0 Å². The van der Waals surface area contributed by atoms with Gasteiger partial charge in [0.2, 0.25) is 15.9 Å². The number of amides is 1. The predicted molar refractivity (Wildman–Crippen MR) is 91.5 cm³/mol. The third kappa shape index (κ3) is 7.14. The van der Waals surface area contributed by atoms with E-state index in [1.54, 1.807) is 0 Å². The van der Waals surface area contributed by atoms with Gasteiger partial charge in [0.05, 0.1) is 12.3 Å². The zero-order valence-corrected chi connectivity index (χ0v) is 14.3. The van der Waals surface area contributed by atoms with Gasteiger partial charge in [-0.3, -0.25) is 4.79 Å². The maximum atomic E-state index is 12.0. The fraction of sp³-hybridized carbons (Fsp3) is 0.588. The molecule has 6 heteroatoms. The molecule has 0 heterocycles. The van der Waals surface area contributed by atoms with Crippen molar-refractivity contribution in [2.75, 3.05) is 18.8 Å². The first-order chi connectivity index (χ1) is 11.1. The normalized spacial score (nSPS) is 16.2. The highest BCUT2D eigenvalue weighted by molar-refractivity contribution is 7.89. The van der Waals surface area contributed by atoms with Crippen LogP contribution in [0.3, 0.4) is 0 Å². The Morgan fingerprint density at radius 2 is 1.78 bits per heavy atom. The summed E-state index contributed by atoms with van der Waals surface area (Å²) in [4.78, 5) is 11.7. The van der Waals surface area contributed by atoms with Gasteiger partial charge in [0.15, 0.2) is 0 Å². The molecule has 128 valence electrons. The number of nitrogens with one attached hydrogen (secondary N) is 2. The molecule has 0 spiro atoms. The molecule has 0 unspecified atom stereocenters. The summed E-state index contributed by atoms with van der Waals surface area (Å²) in [6.45, 7) is 0.330. The van der Waals surface area contributed by atoms with E-state index in [0.29, 0.717) is 6.54 Å². The number of carbonyl (C=O) groups excluding carboxylic acids is 1. The van der Waals surface area contributed by atoms with Gasteiger partial charge in [-0.2, -0.15) is 0 Å². The van der Waals surface area contributed by atoms with Crippen molar-refractivity contribution in [3.63, 3.8) is 0 Å². The quantitative estimate of drug-likeness (QED) is 0.759. The molecule has 0 bridgehead atoms. The summed E-state index contributed by atoms with van der Waals surface area (Å²) in [5.41, 5.74) is 1.14. The van der Waals surface area contributed by atoms with E-state index >= 15 is 0 Å². The maximum absolute atomic E-state index is 12.0. The van der Waals surface area contributed by atoms with Crippen molar-refractivity contribution in [2.24, 2.45) is 5.92 Å². The highest BCUT2D eigenvalue weighted by Crippen LogP contribution is 2.24. The van der Waals surface area contributed by atoms with Crippen LogP contribution in [0.25, 0.3) is 0 Å². The molecule has 0 aliphatic heterocycles. The predicted octanol–water partition coefficient (Wildman–Crippen LogP) is 1.84. The lowest BCUT2D eigenvalue weighted by atomic mass is 9.91. The summed E-state index contributed by atoms with van der Waals surface area (Å²) in [5.74, 6) is 0.0974. The number of sulfonamides is 1. The van der Waals surface area contributed by atoms with E-state index in [-0.39, 0.29) is 24.1 Å². The smallest absolute Gasteiger partial charge is 0.235 e.